The maximum atomic E-state index is 13.6. The molecule has 1 saturated heterocycles. The number of amides is 2. The van der Waals surface area contributed by atoms with Crippen LogP contribution in [0.4, 0.5) is 20.6 Å². The number of halogens is 1. The van der Waals surface area contributed by atoms with Crippen LogP contribution in [0.25, 0.3) is 0 Å². The van der Waals surface area contributed by atoms with Gasteiger partial charge in [-0.2, -0.15) is 0 Å². The molecular formula is C15H11FN2O2S. The molecule has 1 aliphatic heterocycles. The molecule has 1 aliphatic rings. The number of anilines is 2. The normalized spacial score (nSPS) is 18.1. The van der Waals surface area contributed by atoms with Gasteiger partial charge in [-0.05, 0) is 36.0 Å². The minimum absolute atomic E-state index is 0.200. The van der Waals surface area contributed by atoms with E-state index in [1.807, 2.05) is 0 Å². The third kappa shape index (κ3) is 2.62. The van der Waals surface area contributed by atoms with Gasteiger partial charge >= 0.3 is 0 Å². The molecule has 21 heavy (non-hydrogen) atoms. The van der Waals surface area contributed by atoms with E-state index in [1.54, 1.807) is 42.5 Å². The fraction of sp³-hybridized carbons (Fsp3) is 0.0667. The van der Waals surface area contributed by atoms with Gasteiger partial charge in [0.2, 0.25) is 0 Å². The largest absolute Gasteiger partial charge is 0.363 e. The predicted octanol–water partition coefficient (Wildman–Crippen LogP) is 3.46. The molecule has 1 heterocycles. The summed E-state index contributed by atoms with van der Waals surface area (Å²) in [6, 6.07) is 14.7. The van der Waals surface area contributed by atoms with Crippen molar-refractivity contribution in [2.75, 3.05) is 10.2 Å². The number of para-hydroxylation sites is 2. The van der Waals surface area contributed by atoms with Crippen LogP contribution in [-0.2, 0) is 4.79 Å². The summed E-state index contributed by atoms with van der Waals surface area (Å²) in [5.41, 5.74) is 0.712. The van der Waals surface area contributed by atoms with E-state index in [4.69, 9.17) is 0 Å². The second-order valence-corrected chi connectivity index (χ2v) is 5.45. The molecule has 0 aliphatic carbocycles. The van der Waals surface area contributed by atoms with Crippen LogP contribution in [0.2, 0.25) is 0 Å². The van der Waals surface area contributed by atoms with Crippen LogP contribution in [0.1, 0.15) is 0 Å². The molecular weight excluding hydrogens is 291 g/mol. The van der Waals surface area contributed by atoms with Crippen molar-refractivity contribution in [3.63, 3.8) is 0 Å². The lowest BCUT2D eigenvalue weighted by atomic mass is 10.3. The summed E-state index contributed by atoms with van der Waals surface area (Å²) in [6.45, 7) is 0. The summed E-state index contributed by atoms with van der Waals surface area (Å²) in [6.07, 6.45) is 0. The van der Waals surface area contributed by atoms with Gasteiger partial charge in [-0.1, -0.05) is 30.3 Å². The fourth-order valence-electron chi connectivity index (χ4n) is 2.03. The number of carbonyl (C=O) groups is 2. The molecule has 0 bridgehead atoms. The number of nitrogens with zero attached hydrogens (tertiary/aromatic N) is 1. The highest BCUT2D eigenvalue weighted by atomic mass is 32.2. The van der Waals surface area contributed by atoms with Crippen LogP contribution in [-0.4, -0.2) is 16.5 Å². The van der Waals surface area contributed by atoms with Crippen molar-refractivity contribution in [1.29, 1.82) is 0 Å². The van der Waals surface area contributed by atoms with Gasteiger partial charge in [-0.3, -0.25) is 9.59 Å². The van der Waals surface area contributed by atoms with Crippen LogP contribution in [0.5, 0.6) is 0 Å². The molecule has 2 amide bonds. The van der Waals surface area contributed by atoms with Crippen LogP contribution in [0, 0.1) is 5.82 Å². The Morgan fingerprint density at radius 2 is 1.67 bits per heavy atom. The monoisotopic (exact) mass is 302 g/mol. The van der Waals surface area contributed by atoms with Crippen molar-refractivity contribution in [1.82, 2.24) is 0 Å². The van der Waals surface area contributed by atoms with Gasteiger partial charge in [-0.15, -0.1) is 0 Å². The molecule has 106 valence electrons. The molecule has 0 radical (unpaired) electrons. The van der Waals surface area contributed by atoms with Gasteiger partial charge in [0, 0.05) is 0 Å². The van der Waals surface area contributed by atoms with Gasteiger partial charge in [0.15, 0.2) is 5.37 Å². The van der Waals surface area contributed by atoms with Gasteiger partial charge in [0.05, 0.1) is 11.4 Å². The number of hydrogen-bond donors (Lipinski definition) is 1. The number of benzene rings is 2. The van der Waals surface area contributed by atoms with Crippen LogP contribution >= 0.6 is 11.8 Å². The van der Waals surface area contributed by atoms with Crippen molar-refractivity contribution in [3.8, 4) is 0 Å². The summed E-state index contributed by atoms with van der Waals surface area (Å²) in [5.74, 6) is -0.865. The van der Waals surface area contributed by atoms with Gasteiger partial charge < -0.3 is 5.32 Å². The van der Waals surface area contributed by atoms with Crippen molar-refractivity contribution < 1.29 is 14.0 Å². The number of hydrogen-bond acceptors (Lipinski definition) is 4. The summed E-state index contributed by atoms with van der Waals surface area (Å²) >= 11 is 0.840. The van der Waals surface area contributed by atoms with Gasteiger partial charge in [0.1, 0.15) is 5.82 Å². The van der Waals surface area contributed by atoms with E-state index < -0.39 is 17.1 Å². The zero-order valence-electron chi connectivity index (χ0n) is 10.8. The fourth-order valence-corrected chi connectivity index (χ4v) is 2.93. The number of imide groups is 1. The number of carbonyl (C=O) groups excluding carboxylic acids is 2. The Balaban J connectivity index is 1.83. The topological polar surface area (TPSA) is 49.4 Å². The summed E-state index contributed by atoms with van der Waals surface area (Å²) in [4.78, 5) is 25.4. The molecule has 3 rings (SSSR count). The van der Waals surface area contributed by atoms with Crippen LogP contribution < -0.4 is 10.2 Å². The summed E-state index contributed by atoms with van der Waals surface area (Å²) < 4.78 is 13.6. The second-order valence-electron chi connectivity index (χ2n) is 4.40. The Kier molecular flexibility index (Phi) is 3.62. The molecule has 0 aromatic heterocycles. The Bertz CT molecular complexity index is 693. The molecule has 1 N–H and O–H groups in total. The molecule has 6 heteroatoms. The Hall–Kier alpha value is -2.34. The quantitative estimate of drug-likeness (QED) is 0.943. The SMILES string of the molecule is O=C1S[C@@H](Nc2ccccc2F)C(=O)N1c1ccccc1. The van der Waals surface area contributed by atoms with Crippen LogP contribution in [0.15, 0.2) is 54.6 Å². The smallest absolute Gasteiger partial charge is 0.295 e. The second kappa shape index (κ2) is 5.57. The number of rotatable bonds is 3. The first-order chi connectivity index (χ1) is 10.2. The highest BCUT2D eigenvalue weighted by molar-refractivity contribution is 8.16. The Morgan fingerprint density at radius 1 is 1.00 bits per heavy atom. The van der Waals surface area contributed by atoms with E-state index in [0.717, 1.165) is 16.7 Å². The predicted molar refractivity (Wildman–Crippen MR) is 80.7 cm³/mol. The minimum Gasteiger partial charge on any atom is -0.363 e. The maximum absolute atomic E-state index is 13.6. The van der Waals surface area contributed by atoms with Crippen molar-refractivity contribution >= 4 is 34.3 Å². The molecule has 2 aromatic rings. The lowest BCUT2D eigenvalue weighted by Gasteiger charge is -2.15. The molecule has 0 unspecified atom stereocenters. The van der Waals surface area contributed by atoms with E-state index >= 15 is 0 Å². The lowest BCUT2D eigenvalue weighted by molar-refractivity contribution is -0.116. The lowest BCUT2D eigenvalue weighted by Crippen LogP contribution is -2.34. The first-order valence-corrected chi connectivity index (χ1v) is 7.15. The third-order valence-corrected chi connectivity index (χ3v) is 3.96. The van der Waals surface area contributed by atoms with Gasteiger partial charge in [-0.25, -0.2) is 9.29 Å². The number of thioether (sulfide) groups is 1. The standard InChI is InChI=1S/C15H11FN2O2S/c16-11-8-4-5-9-12(11)17-13-14(19)18(15(20)21-13)10-6-2-1-3-7-10/h1-9,13,17H/t13-/m1/s1. The highest BCUT2D eigenvalue weighted by Crippen LogP contribution is 2.32. The van der Waals surface area contributed by atoms with Crippen LogP contribution in [0.3, 0.4) is 0 Å². The minimum atomic E-state index is -0.824. The average Bonchev–Trinajstić information content (AvgIpc) is 2.77. The highest BCUT2D eigenvalue weighted by Gasteiger charge is 2.40. The molecule has 4 nitrogen and oxygen atoms in total. The third-order valence-electron chi connectivity index (χ3n) is 3.02. The average molecular weight is 302 g/mol. The maximum Gasteiger partial charge on any atom is 0.295 e. The molecule has 1 atom stereocenters. The Morgan fingerprint density at radius 3 is 2.38 bits per heavy atom. The number of nitrogens with one attached hydrogen (secondary N) is 1. The first-order valence-electron chi connectivity index (χ1n) is 6.27. The van der Waals surface area contributed by atoms with E-state index in [0.29, 0.717) is 5.69 Å². The molecule has 0 spiro atoms. The van der Waals surface area contributed by atoms with Crippen molar-refractivity contribution in [2.45, 2.75) is 5.37 Å². The molecule has 0 saturated carbocycles. The van der Waals surface area contributed by atoms with Crippen molar-refractivity contribution in [3.05, 3.63) is 60.4 Å². The first kappa shape index (κ1) is 13.6. The van der Waals surface area contributed by atoms with E-state index in [1.165, 1.54) is 12.1 Å². The van der Waals surface area contributed by atoms with Crippen molar-refractivity contribution in [2.24, 2.45) is 0 Å². The zero-order valence-corrected chi connectivity index (χ0v) is 11.6. The molecule has 2 aromatic carbocycles. The van der Waals surface area contributed by atoms with Gasteiger partial charge in [0.25, 0.3) is 11.1 Å². The van der Waals surface area contributed by atoms with E-state index in [2.05, 4.69) is 5.32 Å². The van der Waals surface area contributed by atoms with E-state index in [9.17, 15) is 14.0 Å². The summed E-state index contributed by atoms with van der Waals surface area (Å²) in [5, 5.41) is 1.57. The summed E-state index contributed by atoms with van der Waals surface area (Å²) in [7, 11) is 0. The Labute approximate surface area is 124 Å². The zero-order chi connectivity index (χ0) is 14.8. The molecule has 1 fully saturated rings. The van der Waals surface area contributed by atoms with E-state index in [-0.39, 0.29) is 10.9 Å².